The van der Waals surface area contributed by atoms with Crippen LogP contribution in [0.3, 0.4) is 0 Å². The average molecular weight is 432 g/mol. The molecular formula is C21H19ClFN3O2S. The maximum Gasteiger partial charge on any atom is 0.243 e. The van der Waals surface area contributed by atoms with Crippen LogP contribution in [0, 0.1) is 5.82 Å². The molecule has 0 N–H and O–H groups in total. The number of benzene rings is 2. The van der Waals surface area contributed by atoms with E-state index in [1.165, 1.54) is 16.4 Å². The predicted molar refractivity (Wildman–Crippen MR) is 110 cm³/mol. The van der Waals surface area contributed by atoms with Gasteiger partial charge in [0.05, 0.1) is 16.3 Å². The summed E-state index contributed by atoms with van der Waals surface area (Å²) >= 11 is 6.13. The standard InChI is InChI=1S/C21H19ClFN3O2S/c22-17-5-1-3-15(13-17)20-21(25-11-10-24-20)16-4-2-12-26(14-16)29(27,28)19-8-6-18(23)7-9-19/h1,3,5-11,13,16H,2,4,12,14H2/t16-/m1/s1. The normalized spacial score (nSPS) is 17.9. The van der Waals surface area contributed by atoms with E-state index >= 15 is 0 Å². The Morgan fingerprint density at radius 1 is 1.07 bits per heavy atom. The first-order valence-corrected chi connectivity index (χ1v) is 11.1. The highest BCUT2D eigenvalue weighted by Crippen LogP contribution is 2.34. The molecule has 29 heavy (non-hydrogen) atoms. The summed E-state index contributed by atoms with van der Waals surface area (Å²) in [5.74, 6) is -0.562. The van der Waals surface area contributed by atoms with Gasteiger partial charge >= 0.3 is 0 Å². The van der Waals surface area contributed by atoms with Gasteiger partial charge in [0, 0.05) is 42.0 Å². The molecule has 1 aliphatic heterocycles. The van der Waals surface area contributed by atoms with Gasteiger partial charge in [-0.3, -0.25) is 9.97 Å². The molecule has 5 nitrogen and oxygen atoms in total. The van der Waals surface area contributed by atoms with Gasteiger partial charge in [0.2, 0.25) is 10.0 Å². The number of hydrogen-bond acceptors (Lipinski definition) is 4. The van der Waals surface area contributed by atoms with Gasteiger partial charge < -0.3 is 0 Å². The fourth-order valence-electron chi connectivity index (χ4n) is 3.65. The Morgan fingerprint density at radius 3 is 2.59 bits per heavy atom. The molecule has 0 radical (unpaired) electrons. The molecule has 1 atom stereocenters. The maximum absolute atomic E-state index is 13.2. The van der Waals surface area contributed by atoms with Crippen LogP contribution in [0.25, 0.3) is 11.3 Å². The summed E-state index contributed by atoms with van der Waals surface area (Å²) < 4.78 is 40.7. The molecule has 2 aromatic carbocycles. The number of nitrogens with zero attached hydrogens (tertiary/aromatic N) is 3. The second-order valence-electron chi connectivity index (χ2n) is 6.96. The van der Waals surface area contributed by atoms with E-state index in [4.69, 9.17) is 11.6 Å². The molecule has 2 heterocycles. The van der Waals surface area contributed by atoms with Crippen LogP contribution in [-0.2, 0) is 10.0 Å². The lowest BCUT2D eigenvalue weighted by Gasteiger charge is -2.32. The number of rotatable bonds is 4. The summed E-state index contributed by atoms with van der Waals surface area (Å²) in [6.45, 7) is 0.717. The Morgan fingerprint density at radius 2 is 1.83 bits per heavy atom. The Kier molecular flexibility index (Phi) is 5.63. The van der Waals surface area contributed by atoms with Gasteiger partial charge in [0.25, 0.3) is 0 Å². The number of sulfonamides is 1. The smallest absolute Gasteiger partial charge is 0.243 e. The van der Waals surface area contributed by atoms with E-state index in [-0.39, 0.29) is 10.8 Å². The lowest BCUT2D eigenvalue weighted by Crippen LogP contribution is -2.39. The molecular weight excluding hydrogens is 413 g/mol. The first-order valence-electron chi connectivity index (χ1n) is 9.28. The summed E-state index contributed by atoms with van der Waals surface area (Å²) in [5.41, 5.74) is 2.31. The zero-order chi connectivity index (χ0) is 20.4. The van der Waals surface area contributed by atoms with Gasteiger partial charge in [0.15, 0.2) is 0 Å². The van der Waals surface area contributed by atoms with Gasteiger partial charge in [0.1, 0.15) is 5.82 Å². The minimum absolute atomic E-state index is 0.0914. The Balaban J connectivity index is 1.65. The molecule has 150 valence electrons. The number of halogens is 2. The Hall–Kier alpha value is -2.35. The topological polar surface area (TPSA) is 63.2 Å². The molecule has 0 spiro atoms. The third kappa shape index (κ3) is 4.17. The number of piperidine rings is 1. The lowest BCUT2D eigenvalue weighted by atomic mass is 9.92. The van der Waals surface area contributed by atoms with Gasteiger partial charge in [-0.15, -0.1) is 0 Å². The Bertz CT molecular complexity index is 1120. The molecule has 8 heteroatoms. The van der Waals surface area contributed by atoms with Crippen molar-refractivity contribution < 1.29 is 12.8 Å². The monoisotopic (exact) mass is 431 g/mol. The quantitative estimate of drug-likeness (QED) is 0.610. The summed E-state index contributed by atoms with van der Waals surface area (Å²) in [6, 6.07) is 12.3. The molecule has 3 aromatic rings. The van der Waals surface area contributed by atoms with Gasteiger partial charge in [-0.05, 0) is 49.2 Å². The van der Waals surface area contributed by atoms with Crippen molar-refractivity contribution in [2.75, 3.05) is 13.1 Å². The predicted octanol–water partition coefficient (Wildman–Crippen LogP) is 4.50. The van der Waals surface area contributed by atoms with E-state index in [0.29, 0.717) is 30.2 Å². The molecule has 1 fully saturated rings. The second kappa shape index (κ2) is 8.18. The van der Waals surface area contributed by atoms with E-state index in [9.17, 15) is 12.8 Å². The first-order chi connectivity index (χ1) is 13.9. The summed E-state index contributed by atoms with van der Waals surface area (Å²) in [4.78, 5) is 9.11. The molecule has 4 rings (SSSR count). The van der Waals surface area contributed by atoms with Crippen LogP contribution in [0.2, 0.25) is 5.02 Å². The minimum atomic E-state index is -3.71. The highest BCUT2D eigenvalue weighted by atomic mass is 35.5. The second-order valence-corrected chi connectivity index (χ2v) is 9.33. The average Bonchev–Trinajstić information content (AvgIpc) is 2.74. The Labute approximate surface area is 174 Å². The molecule has 1 aromatic heterocycles. The van der Waals surface area contributed by atoms with Crippen LogP contribution in [0.15, 0.2) is 65.8 Å². The van der Waals surface area contributed by atoms with Crippen molar-refractivity contribution in [3.05, 3.63) is 77.5 Å². The van der Waals surface area contributed by atoms with Crippen molar-refractivity contribution in [2.24, 2.45) is 0 Å². The van der Waals surface area contributed by atoms with Crippen LogP contribution in [0.1, 0.15) is 24.5 Å². The molecule has 1 saturated heterocycles. The van der Waals surface area contributed by atoms with Gasteiger partial charge in [-0.2, -0.15) is 4.31 Å². The van der Waals surface area contributed by atoms with E-state index in [0.717, 1.165) is 29.8 Å². The zero-order valence-corrected chi connectivity index (χ0v) is 17.1. The molecule has 1 aliphatic rings. The molecule has 0 bridgehead atoms. The summed E-state index contributed by atoms with van der Waals surface area (Å²) in [5, 5.41) is 0.600. The van der Waals surface area contributed by atoms with E-state index < -0.39 is 15.8 Å². The fraction of sp³-hybridized carbons (Fsp3) is 0.238. The van der Waals surface area contributed by atoms with Crippen molar-refractivity contribution in [2.45, 2.75) is 23.7 Å². The van der Waals surface area contributed by atoms with E-state index in [1.54, 1.807) is 18.5 Å². The van der Waals surface area contributed by atoms with E-state index in [2.05, 4.69) is 9.97 Å². The third-order valence-corrected chi connectivity index (χ3v) is 7.16. The van der Waals surface area contributed by atoms with Crippen LogP contribution in [0.5, 0.6) is 0 Å². The largest absolute Gasteiger partial charge is 0.257 e. The van der Waals surface area contributed by atoms with Gasteiger partial charge in [-0.25, -0.2) is 12.8 Å². The lowest BCUT2D eigenvalue weighted by molar-refractivity contribution is 0.312. The molecule has 0 unspecified atom stereocenters. The highest BCUT2D eigenvalue weighted by Gasteiger charge is 2.32. The van der Waals surface area contributed by atoms with Crippen LogP contribution in [0.4, 0.5) is 4.39 Å². The molecule has 0 amide bonds. The first kappa shape index (κ1) is 19.9. The SMILES string of the molecule is O=S(=O)(c1ccc(F)cc1)N1CCC[C@@H](c2nccnc2-c2cccc(Cl)c2)C1. The minimum Gasteiger partial charge on any atom is -0.257 e. The fourth-order valence-corrected chi connectivity index (χ4v) is 5.36. The van der Waals surface area contributed by atoms with Crippen LogP contribution < -0.4 is 0 Å². The third-order valence-electron chi connectivity index (χ3n) is 5.05. The van der Waals surface area contributed by atoms with Crippen LogP contribution >= 0.6 is 11.6 Å². The summed E-state index contributed by atoms with van der Waals surface area (Å²) in [7, 11) is -3.71. The van der Waals surface area contributed by atoms with Crippen molar-refractivity contribution in [1.29, 1.82) is 0 Å². The number of aromatic nitrogens is 2. The van der Waals surface area contributed by atoms with Crippen molar-refractivity contribution in [1.82, 2.24) is 14.3 Å². The van der Waals surface area contributed by atoms with Crippen molar-refractivity contribution >= 4 is 21.6 Å². The van der Waals surface area contributed by atoms with Crippen molar-refractivity contribution in [3.8, 4) is 11.3 Å². The highest BCUT2D eigenvalue weighted by molar-refractivity contribution is 7.89. The van der Waals surface area contributed by atoms with Crippen molar-refractivity contribution in [3.63, 3.8) is 0 Å². The zero-order valence-electron chi connectivity index (χ0n) is 15.5. The molecule has 0 aliphatic carbocycles. The maximum atomic E-state index is 13.2. The van der Waals surface area contributed by atoms with Gasteiger partial charge in [-0.1, -0.05) is 23.7 Å². The van der Waals surface area contributed by atoms with E-state index in [1.807, 2.05) is 18.2 Å². The summed E-state index contributed by atoms with van der Waals surface area (Å²) in [6.07, 6.45) is 4.75. The van der Waals surface area contributed by atoms with Crippen LogP contribution in [-0.4, -0.2) is 35.8 Å². The molecule has 0 saturated carbocycles. The number of hydrogen-bond donors (Lipinski definition) is 0.